The van der Waals surface area contributed by atoms with E-state index in [2.05, 4.69) is 10.4 Å². The number of nitrogens with one attached hydrogen (secondary N) is 1. The van der Waals surface area contributed by atoms with Gasteiger partial charge in [0, 0.05) is 12.7 Å². The molecule has 0 aliphatic heterocycles. The molecule has 0 radical (unpaired) electrons. The van der Waals surface area contributed by atoms with Gasteiger partial charge in [0.05, 0.1) is 23.0 Å². The molecule has 6 heteroatoms. The summed E-state index contributed by atoms with van der Waals surface area (Å²) in [4.78, 5) is 23.9. The van der Waals surface area contributed by atoms with Gasteiger partial charge < -0.3 is 10.4 Å². The number of amides is 1. The quantitative estimate of drug-likeness (QED) is 0.639. The largest absolute Gasteiger partial charge is 0.388 e. The molecule has 0 atom stereocenters. The second-order valence-electron chi connectivity index (χ2n) is 5.60. The van der Waals surface area contributed by atoms with E-state index < -0.39 is 17.3 Å². The van der Waals surface area contributed by atoms with E-state index in [4.69, 9.17) is 0 Å². The zero-order chi connectivity index (χ0) is 15.6. The minimum absolute atomic E-state index is 0.115. The third-order valence-corrected chi connectivity index (χ3v) is 3.93. The minimum atomic E-state index is -0.843. The molecule has 1 fully saturated rings. The summed E-state index contributed by atoms with van der Waals surface area (Å²) in [5, 5.41) is 16.5. The van der Waals surface area contributed by atoms with Gasteiger partial charge in [0.1, 0.15) is 0 Å². The van der Waals surface area contributed by atoms with Crippen molar-refractivity contribution in [3.8, 4) is 5.69 Å². The van der Waals surface area contributed by atoms with Gasteiger partial charge in [-0.15, -0.1) is 0 Å². The number of aromatic nitrogens is 2. The van der Waals surface area contributed by atoms with Crippen LogP contribution in [0.5, 0.6) is 0 Å². The van der Waals surface area contributed by atoms with Gasteiger partial charge in [0.25, 0.3) is 11.7 Å². The van der Waals surface area contributed by atoms with Crippen LogP contribution in [0, 0.1) is 0 Å². The smallest absolute Gasteiger partial charge is 0.292 e. The van der Waals surface area contributed by atoms with E-state index in [0.29, 0.717) is 12.8 Å². The number of benzene rings is 1. The van der Waals surface area contributed by atoms with Crippen LogP contribution in [0.15, 0.2) is 42.7 Å². The molecule has 2 aromatic rings. The summed E-state index contributed by atoms with van der Waals surface area (Å²) >= 11 is 0. The van der Waals surface area contributed by atoms with E-state index in [-0.39, 0.29) is 12.1 Å². The van der Waals surface area contributed by atoms with E-state index in [1.165, 1.54) is 12.4 Å². The molecule has 0 spiro atoms. The minimum Gasteiger partial charge on any atom is -0.388 e. The standard InChI is InChI=1S/C16H17N3O3/c20-14(15(21)17-11-16(22)7-4-8-16)12-9-18-19(10-12)13-5-2-1-3-6-13/h1-3,5-6,9-10,22H,4,7-8,11H2,(H,17,21). The average molecular weight is 299 g/mol. The van der Waals surface area contributed by atoms with Crippen molar-refractivity contribution in [1.82, 2.24) is 15.1 Å². The molecule has 22 heavy (non-hydrogen) atoms. The predicted molar refractivity (Wildman–Crippen MR) is 79.7 cm³/mol. The first-order chi connectivity index (χ1) is 10.6. The fourth-order valence-corrected chi connectivity index (χ4v) is 2.38. The number of para-hydroxylation sites is 1. The van der Waals surface area contributed by atoms with E-state index in [9.17, 15) is 14.7 Å². The number of aliphatic hydroxyl groups is 1. The number of ketones is 1. The second kappa shape index (κ2) is 5.73. The first-order valence-electron chi connectivity index (χ1n) is 7.22. The number of nitrogens with zero attached hydrogens (tertiary/aromatic N) is 2. The van der Waals surface area contributed by atoms with Crippen LogP contribution < -0.4 is 5.32 Å². The van der Waals surface area contributed by atoms with E-state index in [0.717, 1.165) is 12.1 Å². The van der Waals surface area contributed by atoms with Crippen LogP contribution >= 0.6 is 0 Å². The Hall–Kier alpha value is -2.47. The topological polar surface area (TPSA) is 84.2 Å². The first-order valence-corrected chi connectivity index (χ1v) is 7.22. The van der Waals surface area contributed by atoms with Gasteiger partial charge in [-0.25, -0.2) is 4.68 Å². The van der Waals surface area contributed by atoms with Gasteiger partial charge in [-0.2, -0.15) is 5.10 Å². The van der Waals surface area contributed by atoms with E-state index >= 15 is 0 Å². The Balaban J connectivity index is 1.65. The summed E-state index contributed by atoms with van der Waals surface area (Å²) in [7, 11) is 0. The third-order valence-electron chi connectivity index (χ3n) is 3.93. The van der Waals surface area contributed by atoms with E-state index in [1.807, 2.05) is 30.3 Å². The Labute approximate surface area is 127 Å². The lowest BCUT2D eigenvalue weighted by Gasteiger charge is -2.36. The number of hydrogen-bond donors (Lipinski definition) is 2. The van der Waals surface area contributed by atoms with Crippen LogP contribution in [0.3, 0.4) is 0 Å². The van der Waals surface area contributed by atoms with Gasteiger partial charge >= 0.3 is 0 Å². The summed E-state index contributed by atoms with van der Waals surface area (Å²) in [5.74, 6) is -1.36. The van der Waals surface area contributed by atoms with Crippen molar-refractivity contribution in [3.63, 3.8) is 0 Å². The van der Waals surface area contributed by atoms with Crippen LogP contribution in [-0.4, -0.2) is 38.7 Å². The van der Waals surface area contributed by atoms with Gasteiger partial charge in [-0.1, -0.05) is 18.2 Å². The molecule has 1 heterocycles. The van der Waals surface area contributed by atoms with Crippen LogP contribution in [0.4, 0.5) is 0 Å². The normalized spacial score (nSPS) is 15.9. The molecule has 114 valence electrons. The Morgan fingerprint density at radius 2 is 2.00 bits per heavy atom. The zero-order valence-electron chi connectivity index (χ0n) is 12.0. The monoisotopic (exact) mass is 299 g/mol. The van der Waals surface area contributed by atoms with Gasteiger partial charge in [-0.05, 0) is 31.4 Å². The highest BCUT2D eigenvalue weighted by Gasteiger charge is 2.35. The number of Topliss-reactive ketones (excluding diaryl/α,β-unsaturated/α-hetero) is 1. The summed E-state index contributed by atoms with van der Waals surface area (Å²) in [5.41, 5.74) is 0.192. The Morgan fingerprint density at radius 3 is 2.64 bits per heavy atom. The van der Waals surface area contributed by atoms with Crippen molar-refractivity contribution in [1.29, 1.82) is 0 Å². The lowest BCUT2D eigenvalue weighted by molar-refractivity contribution is -0.119. The Bertz CT molecular complexity index is 690. The van der Waals surface area contributed by atoms with Crippen molar-refractivity contribution in [2.45, 2.75) is 24.9 Å². The van der Waals surface area contributed by atoms with Crippen LogP contribution in [0.2, 0.25) is 0 Å². The Kier molecular flexibility index (Phi) is 3.77. The van der Waals surface area contributed by atoms with Crippen molar-refractivity contribution in [2.75, 3.05) is 6.54 Å². The van der Waals surface area contributed by atoms with Crippen molar-refractivity contribution >= 4 is 11.7 Å². The lowest BCUT2D eigenvalue weighted by atomic mass is 9.80. The van der Waals surface area contributed by atoms with Crippen LogP contribution in [0.1, 0.15) is 29.6 Å². The SMILES string of the molecule is O=C(NCC1(O)CCC1)C(=O)c1cnn(-c2ccccc2)c1. The molecule has 1 aromatic carbocycles. The molecule has 1 saturated carbocycles. The van der Waals surface area contributed by atoms with Gasteiger partial charge in [-0.3, -0.25) is 9.59 Å². The molecule has 2 N–H and O–H groups in total. The second-order valence-corrected chi connectivity index (χ2v) is 5.60. The fraction of sp³-hybridized carbons (Fsp3) is 0.312. The summed E-state index contributed by atoms with van der Waals surface area (Å²) in [6, 6.07) is 9.33. The van der Waals surface area contributed by atoms with Crippen LogP contribution in [0.25, 0.3) is 5.69 Å². The fourth-order valence-electron chi connectivity index (χ4n) is 2.38. The molecule has 1 aliphatic rings. The lowest BCUT2D eigenvalue weighted by Crippen LogP contribution is -2.49. The number of carbonyl (C=O) groups excluding carboxylic acids is 2. The van der Waals surface area contributed by atoms with E-state index in [1.54, 1.807) is 4.68 Å². The first kappa shape index (κ1) is 14.5. The summed E-state index contributed by atoms with van der Waals surface area (Å²) in [6.45, 7) is 0.115. The average Bonchev–Trinajstić information content (AvgIpc) is 3.00. The summed E-state index contributed by atoms with van der Waals surface area (Å²) in [6.07, 6.45) is 5.16. The molecular weight excluding hydrogens is 282 g/mol. The van der Waals surface area contributed by atoms with Crippen LogP contribution in [-0.2, 0) is 4.79 Å². The third kappa shape index (κ3) is 2.92. The number of rotatable bonds is 5. The number of carbonyl (C=O) groups is 2. The van der Waals surface area contributed by atoms with Crippen molar-refractivity contribution < 1.29 is 14.7 Å². The number of hydrogen-bond acceptors (Lipinski definition) is 4. The Morgan fingerprint density at radius 1 is 1.27 bits per heavy atom. The molecule has 1 aliphatic carbocycles. The van der Waals surface area contributed by atoms with Crippen molar-refractivity contribution in [2.24, 2.45) is 0 Å². The maximum absolute atomic E-state index is 12.1. The molecule has 6 nitrogen and oxygen atoms in total. The maximum Gasteiger partial charge on any atom is 0.292 e. The highest BCUT2D eigenvalue weighted by molar-refractivity contribution is 6.42. The molecule has 0 unspecified atom stereocenters. The molecule has 1 aromatic heterocycles. The zero-order valence-corrected chi connectivity index (χ0v) is 12.0. The highest BCUT2D eigenvalue weighted by Crippen LogP contribution is 2.30. The van der Waals surface area contributed by atoms with Crippen molar-refractivity contribution in [3.05, 3.63) is 48.3 Å². The molecule has 1 amide bonds. The molecule has 3 rings (SSSR count). The van der Waals surface area contributed by atoms with Gasteiger partial charge in [0.15, 0.2) is 0 Å². The summed E-state index contributed by atoms with van der Waals surface area (Å²) < 4.78 is 1.54. The molecular formula is C16H17N3O3. The maximum atomic E-state index is 12.1. The predicted octanol–water partition coefficient (Wildman–Crippen LogP) is 1.09. The van der Waals surface area contributed by atoms with Gasteiger partial charge in [0.2, 0.25) is 0 Å². The molecule has 0 bridgehead atoms. The molecule has 0 saturated heterocycles. The highest BCUT2D eigenvalue weighted by atomic mass is 16.3.